The van der Waals surface area contributed by atoms with Gasteiger partial charge in [0.1, 0.15) is 11.5 Å². The summed E-state index contributed by atoms with van der Waals surface area (Å²) in [5.41, 5.74) is 1.65. The highest BCUT2D eigenvalue weighted by Crippen LogP contribution is 2.48. The quantitative estimate of drug-likeness (QED) is 0.932. The maximum atomic E-state index is 12.4. The second-order valence-electron chi connectivity index (χ2n) is 6.73. The smallest absolute Gasteiger partial charge is 0.136 e. The van der Waals surface area contributed by atoms with Gasteiger partial charge in [0.2, 0.25) is 0 Å². The van der Waals surface area contributed by atoms with E-state index in [2.05, 4.69) is 10.2 Å². The summed E-state index contributed by atoms with van der Waals surface area (Å²) >= 11 is 0. The van der Waals surface area contributed by atoms with E-state index in [-0.39, 0.29) is 17.6 Å². The van der Waals surface area contributed by atoms with Crippen molar-refractivity contribution < 1.29 is 14.6 Å². The van der Waals surface area contributed by atoms with Crippen molar-refractivity contribution in [3.8, 4) is 5.75 Å². The topological polar surface area (TPSA) is 71.2 Å². The summed E-state index contributed by atoms with van der Waals surface area (Å²) in [6.07, 6.45) is 0.384. The molecular formula is C18H22N2O3. The van der Waals surface area contributed by atoms with Crippen molar-refractivity contribution in [2.45, 2.75) is 38.7 Å². The minimum atomic E-state index is -1.12. The number of aliphatic hydroxyl groups is 1. The molecule has 0 saturated heterocycles. The summed E-state index contributed by atoms with van der Waals surface area (Å²) in [5, 5.41) is 19.3. The van der Waals surface area contributed by atoms with E-state index in [9.17, 15) is 9.90 Å². The highest BCUT2D eigenvalue weighted by Gasteiger charge is 2.53. The maximum Gasteiger partial charge on any atom is 0.136 e. The van der Waals surface area contributed by atoms with Crippen LogP contribution in [0.25, 0.3) is 0 Å². The highest BCUT2D eigenvalue weighted by atomic mass is 16.5. The average Bonchev–Trinajstić information content (AvgIpc) is 2.85. The van der Waals surface area contributed by atoms with Gasteiger partial charge >= 0.3 is 0 Å². The van der Waals surface area contributed by atoms with Crippen LogP contribution in [-0.4, -0.2) is 35.0 Å². The number of benzene rings is 1. The molecule has 1 aromatic rings. The van der Waals surface area contributed by atoms with E-state index in [1.807, 2.05) is 31.2 Å². The Hall–Kier alpha value is -2.01. The normalized spacial score (nSPS) is 32.8. The number of methoxy groups -OCH3 is 1. The first-order valence-electron chi connectivity index (χ1n) is 7.83. The lowest BCUT2D eigenvalue weighted by Crippen LogP contribution is -2.53. The summed E-state index contributed by atoms with van der Waals surface area (Å²) in [6, 6.07) is 7.69. The number of Topliss-reactive ketones (excluding diaryl/α,β-unsaturated/α-hetero) is 1. The van der Waals surface area contributed by atoms with Crippen molar-refractivity contribution in [1.29, 1.82) is 0 Å². The van der Waals surface area contributed by atoms with Crippen LogP contribution in [0.4, 0.5) is 0 Å². The first-order chi connectivity index (χ1) is 10.8. The van der Waals surface area contributed by atoms with Crippen LogP contribution in [0.5, 0.6) is 5.75 Å². The second kappa shape index (κ2) is 5.57. The van der Waals surface area contributed by atoms with Crippen molar-refractivity contribution in [3.63, 3.8) is 0 Å². The molecule has 5 nitrogen and oxygen atoms in total. The van der Waals surface area contributed by atoms with Gasteiger partial charge < -0.3 is 9.84 Å². The molecule has 1 aliphatic carbocycles. The van der Waals surface area contributed by atoms with Crippen LogP contribution in [0, 0.1) is 11.8 Å². The van der Waals surface area contributed by atoms with Gasteiger partial charge in [-0.25, -0.2) is 0 Å². The predicted octanol–water partition coefficient (Wildman–Crippen LogP) is 2.59. The Morgan fingerprint density at radius 1 is 1.30 bits per heavy atom. The Kier molecular flexibility index (Phi) is 3.84. The van der Waals surface area contributed by atoms with E-state index in [1.54, 1.807) is 21.0 Å². The summed E-state index contributed by atoms with van der Waals surface area (Å²) in [5.74, 6) is 0.101. The van der Waals surface area contributed by atoms with Gasteiger partial charge in [0.15, 0.2) is 0 Å². The zero-order chi connectivity index (χ0) is 16.8. The number of carbonyl (C=O) groups is 1. The molecule has 0 spiro atoms. The van der Waals surface area contributed by atoms with Gasteiger partial charge in [0.25, 0.3) is 0 Å². The van der Waals surface area contributed by atoms with Gasteiger partial charge in [-0.2, -0.15) is 10.2 Å². The van der Waals surface area contributed by atoms with Gasteiger partial charge in [-0.05, 0) is 38.5 Å². The lowest BCUT2D eigenvalue weighted by Gasteiger charge is -2.45. The fourth-order valence-corrected chi connectivity index (χ4v) is 4.08. The monoisotopic (exact) mass is 314 g/mol. The lowest BCUT2D eigenvalue weighted by atomic mass is 9.59. The molecular weight excluding hydrogens is 292 g/mol. The Bertz CT molecular complexity index is 689. The molecule has 4 atom stereocenters. The molecule has 0 radical (unpaired) electrons. The van der Waals surface area contributed by atoms with E-state index in [4.69, 9.17) is 4.74 Å². The van der Waals surface area contributed by atoms with Crippen LogP contribution >= 0.6 is 0 Å². The molecule has 1 fully saturated rings. The minimum Gasteiger partial charge on any atom is -0.497 e. The van der Waals surface area contributed by atoms with Gasteiger partial charge in [0.05, 0.1) is 24.3 Å². The van der Waals surface area contributed by atoms with Crippen LogP contribution in [-0.2, 0) is 4.79 Å². The zero-order valence-corrected chi connectivity index (χ0v) is 13.9. The van der Waals surface area contributed by atoms with Crippen molar-refractivity contribution >= 4 is 17.2 Å². The second-order valence-corrected chi connectivity index (χ2v) is 6.73. The van der Waals surface area contributed by atoms with E-state index >= 15 is 0 Å². The molecule has 1 N–H and O–H groups in total. The highest BCUT2D eigenvalue weighted by molar-refractivity contribution is 6.12. The fraction of sp³-hybridized carbons (Fsp3) is 0.500. The summed E-state index contributed by atoms with van der Waals surface area (Å²) in [6.45, 7) is 5.22. The molecule has 3 rings (SSSR count). The van der Waals surface area contributed by atoms with Crippen molar-refractivity contribution in [2.24, 2.45) is 22.0 Å². The molecule has 1 aliphatic heterocycles. The number of hydrogen-bond acceptors (Lipinski definition) is 5. The summed E-state index contributed by atoms with van der Waals surface area (Å²) in [7, 11) is 1.62. The van der Waals surface area contributed by atoms with Crippen LogP contribution < -0.4 is 4.74 Å². The summed E-state index contributed by atoms with van der Waals surface area (Å²) in [4.78, 5) is 12.4. The molecule has 0 bridgehead atoms. The van der Waals surface area contributed by atoms with Crippen molar-refractivity contribution in [2.75, 3.05) is 7.11 Å². The van der Waals surface area contributed by atoms with E-state index < -0.39 is 11.5 Å². The number of rotatable bonds is 3. The Morgan fingerprint density at radius 2 is 1.96 bits per heavy atom. The number of ketones is 1. The van der Waals surface area contributed by atoms with Crippen LogP contribution in [0.2, 0.25) is 0 Å². The van der Waals surface area contributed by atoms with Gasteiger partial charge in [-0.15, -0.1) is 0 Å². The molecule has 0 aromatic heterocycles. The SMILES string of the molecule is COc1ccc([C@H]2[C@H]3C(C)=NN=C3C[C@@](C)(O)[C@@H]2C(C)=O)cc1. The van der Waals surface area contributed by atoms with E-state index in [0.717, 1.165) is 22.7 Å². The summed E-state index contributed by atoms with van der Waals surface area (Å²) < 4.78 is 5.22. The minimum absolute atomic E-state index is 0.00503. The third-order valence-corrected chi connectivity index (χ3v) is 5.01. The van der Waals surface area contributed by atoms with Crippen molar-refractivity contribution in [3.05, 3.63) is 29.8 Å². The van der Waals surface area contributed by atoms with E-state index in [0.29, 0.717) is 6.42 Å². The van der Waals surface area contributed by atoms with E-state index in [1.165, 1.54) is 0 Å². The Balaban J connectivity index is 2.11. The molecule has 23 heavy (non-hydrogen) atoms. The van der Waals surface area contributed by atoms with Gasteiger partial charge in [-0.3, -0.25) is 4.79 Å². The van der Waals surface area contributed by atoms with Crippen LogP contribution in [0.15, 0.2) is 34.5 Å². The molecule has 1 aromatic carbocycles. The molecule has 1 heterocycles. The molecule has 0 unspecified atom stereocenters. The first-order valence-corrected chi connectivity index (χ1v) is 7.83. The predicted molar refractivity (Wildman–Crippen MR) is 89.2 cm³/mol. The zero-order valence-electron chi connectivity index (χ0n) is 13.9. The lowest BCUT2D eigenvalue weighted by molar-refractivity contribution is -0.131. The Morgan fingerprint density at radius 3 is 2.52 bits per heavy atom. The molecule has 5 heteroatoms. The van der Waals surface area contributed by atoms with Gasteiger partial charge in [0, 0.05) is 24.0 Å². The van der Waals surface area contributed by atoms with Crippen LogP contribution in [0.3, 0.4) is 0 Å². The fourth-order valence-electron chi connectivity index (χ4n) is 4.08. The largest absolute Gasteiger partial charge is 0.497 e. The van der Waals surface area contributed by atoms with Crippen LogP contribution in [0.1, 0.15) is 38.7 Å². The standard InChI is InChI=1S/C18H22N2O3/c1-10-15-14(20-19-10)9-18(3,22)17(11(2)21)16(15)12-5-7-13(23-4)8-6-12/h5-8,15-17,22H,9H2,1-4H3/t15-,16-,17+,18+/m0/s1. The van der Waals surface area contributed by atoms with Crippen molar-refractivity contribution in [1.82, 2.24) is 0 Å². The number of hydrogen-bond donors (Lipinski definition) is 1. The molecule has 0 amide bonds. The Labute approximate surface area is 136 Å². The molecule has 2 aliphatic rings. The number of fused-ring (bicyclic) bond motifs is 1. The third-order valence-electron chi connectivity index (χ3n) is 5.01. The number of nitrogens with zero attached hydrogens (tertiary/aromatic N) is 2. The average molecular weight is 314 g/mol. The third kappa shape index (κ3) is 2.59. The van der Waals surface area contributed by atoms with Gasteiger partial charge in [-0.1, -0.05) is 12.1 Å². The first kappa shape index (κ1) is 15.9. The molecule has 122 valence electrons. The number of carbonyl (C=O) groups excluding carboxylic acids is 1. The molecule has 1 saturated carbocycles. The maximum absolute atomic E-state index is 12.4. The number of ether oxygens (including phenoxy) is 1.